The number of nitrogens with zero attached hydrogens (tertiary/aromatic N) is 2. The molecule has 0 aliphatic heterocycles. The standard InChI is InChI=1S/C46H28N2O/c1-2-11-29(12-3-1)31-21-26-44-38(27-31)36-24-25-42-45(46(36)49-44)37-23-22-32(47-40-18-8-6-16-34(40)35-17-7-9-19-41(35)47)28-43(37)48(42)39-20-10-14-30-13-4-5-15-33(30)39/h1-28H. The third-order valence-electron chi connectivity index (χ3n) is 10.3. The zero-order chi connectivity index (χ0) is 32.1. The molecule has 0 aliphatic carbocycles. The van der Waals surface area contributed by atoms with Gasteiger partial charge in [0.2, 0.25) is 0 Å². The van der Waals surface area contributed by atoms with E-state index in [4.69, 9.17) is 4.42 Å². The Morgan fingerprint density at radius 1 is 0.367 bits per heavy atom. The maximum absolute atomic E-state index is 6.80. The van der Waals surface area contributed by atoms with Crippen LogP contribution in [0.2, 0.25) is 0 Å². The first-order valence-corrected chi connectivity index (χ1v) is 16.8. The Morgan fingerprint density at radius 2 is 1.06 bits per heavy atom. The van der Waals surface area contributed by atoms with Crippen molar-refractivity contribution in [1.29, 1.82) is 0 Å². The number of para-hydroxylation sites is 2. The monoisotopic (exact) mass is 624 g/mol. The molecular formula is C46H28N2O. The first-order valence-electron chi connectivity index (χ1n) is 16.8. The van der Waals surface area contributed by atoms with Crippen molar-refractivity contribution < 1.29 is 4.42 Å². The Morgan fingerprint density at radius 3 is 1.88 bits per heavy atom. The fourth-order valence-electron chi connectivity index (χ4n) is 8.14. The summed E-state index contributed by atoms with van der Waals surface area (Å²) in [6, 6.07) is 61.2. The Hall–Kier alpha value is -6.58. The molecule has 3 aromatic heterocycles. The number of rotatable bonds is 3. The highest BCUT2D eigenvalue weighted by atomic mass is 16.3. The van der Waals surface area contributed by atoms with Crippen molar-refractivity contribution >= 4 is 76.3 Å². The summed E-state index contributed by atoms with van der Waals surface area (Å²) in [6.45, 7) is 0. The first kappa shape index (κ1) is 26.5. The number of benzene rings is 8. The highest BCUT2D eigenvalue weighted by Gasteiger charge is 2.21. The summed E-state index contributed by atoms with van der Waals surface area (Å²) in [5, 5.41) is 9.50. The second-order valence-corrected chi connectivity index (χ2v) is 12.9. The van der Waals surface area contributed by atoms with Gasteiger partial charge in [-0.15, -0.1) is 0 Å². The van der Waals surface area contributed by atoms with Crippen LogP contribution in [0.4, 0.5) is 0 Å². The molecule has 0 radical (unpaired) electrons. The van der Waals surface area contributed by atoms with Crippen LogP contribution in [0, 0.1) is 0 Å². The second kappa shape index (κ2) is 9.96. The summed E-state index contributed by atoms with van der Waals surface area (Å²) < 4.78 is 11.6. The Kier molecular flexibility index (Phi) is 5.38. The van der Waals surface area contributed by atoms with Gasteiger partial charge in [0, 0.05) is 38.0 Å². The normalized spacial score (nSPS) is 12.1. The highest BCUT2D eigenvalue weighted by molar-refractivity contribution is 6.24. The van der Waals surface area contributed by atoms with Gasteiger partial charge in [0.25, 0.3) is 0 Å². The average Bonchev–Trinajstić information content (AvgIpc) is 3.82. The van der Waals surface area contributed by atoms with Crippen molar-refractivity contribution in [2.24, 2.45) is 0 Å². The zero-order valence-corrected chi connectivity index (χ0v) is 26.5. The van der Waals surface area contributed by atoms with Crippen molar-refractivity contribution in [2.75, 3.05) is 0 Å². The minimum atomic E-state index is 0.898. The molecular weight excluding hydrogens is 597 g/mol. The van der Waals surface area contributed by atoms with Gasteiger partial charge in [0.05, 0.1) is 33.1 Å². The van der Waals surface area contributed by atoms with Gasteiger partial charge >= 0.3 is 0 Å². The van der Waals surface area contributed by atoms with E-state index in [0.29, 0.717) is 0 Å². The van der Waals surface area contributed by atoms with Crippen LogP contribution in [0.15, 0.2) is 174 Å². The molecule has 0 bridgehead atoms. The van der Waals surface area contributed by atoms with Gasteiger partial charge in [-0.3, -0.25) is 0 Å². The average molecular weight is 625 g/mol. The number of fused-ring (bicyclic) bond motifs is 11. The molecule has 3 nitrogen and oxygen atoms in total. The lowest BCUT2D eigenvalue weighted by molar-refractivity contribution is 0.673. The molecule has 0 amide bonds. The summed E-state index contributed by atoms with van der Waals surface area (Å²) in [7, 11) is 0. The zero-order valence-electron chi connectivity index (χ0n) is 26.5. The molecule has 0 saturated heterocycles. The molecule has 3 heteroatoms. The summed E-state index contributed by atoms with van der Waals surface area (Å²) in [6.07, 6.45) is 0. The molecule has 0 unspecified atom stereocenters. The van der Waals surface area contributed by atoms with Crippen molar-refractivity contribution in [3.05, 3.63) is 170 Å². The fourth-order valence-corrected chi connectivity index (χ4v) is 8.14. The van der Waals surface area contributed by atoms with Crippen LogP contribution in [0.25, 0.3) is 98.8 Å². The van der Waals surface area contributed by atoms with Crippen LogP contribution >= 0.6 is 0 Å². The van der Waals surface area contributed by atoms with Crippen molar-refractivity contribution in [2.45, 2.75) is 0 Å². The lowest BCUT2D eigenvalue weighted by Crippen LogP contribution is -1.97. The van der Waals surface area contributed by atoms with E-state index >= 15 is 0 Å². The molecule has 3 heterocycles. The number of aromatic nitrogens is 2. The predicted molar refractivity (Wildman–Crippen MR) is 205 cm³/mol. The van der Waals surface area contributed by atoms with Gasteiger partial charge in [-0.05, 0) is 77.2 Å². The van der Waals surface area contributed by atoms with E-state index in [1.165, 1.54) is 49.1 Å². The smallest absolute Gasteiger partial charge is 0.145 e. The molecule has 11 aromatic rings. The minimum absolute atomic E-state index is 0.898. The largest absolute Gasteiger partial charge is 0.455 e. The lowest BCUT2D eigenvalue weighted by atomic mass is 10.0. The molecule has 11 rings (SSSR count). The van der Waals surface area contributed by atoms with Gasteiger partial charge in [-0.25, -0.2) is 0 Å². The summed E-state index contributed by atoms with van der Waals surface area (Å²) in [5.74, 6) is 0. The van der Waals surface area contributed by atoms with Gasteiger partial charge in [-0.1, -0.05) is 109 Å². The molecule has 0 saturated carbocycles. The van der Waals surface area contributed by atoms with Crippen LogP contribution in [-0.4, -0.2) is 9.13 Å². The van der Waals surface area contributed by atoms with Crippen LogP contribution in [-0.2, 0) is 0 Å². The van der Waals surface area contributed by atoms with Crippen LogP contribution < -0.4 is 0 Å². The Balaban J connectivity index is 1.26. The number of furan rings is 1. The maximum Gasteiger partial charge on any atom is 0.145 e. The van der Waals surface area contributed by atoms with Crippen molar-refractivity contribution in [1.82, 2.24) is 9.13 Å². The van der Waals surface area contributed by atoms with Crippen molar-refractivity contribution in [3.63, 3.8) is 0 Å². The van der Waals surface area contributed by atoms with E-state index < -0.39 is 0 Å². The topological polar surface area (TPSA) is 23.0 Å². The Labute approximate surface area is 281 Å². The third-order valence-corrected chi connectivity index (χ3v) is 10.3. The minimum Gasteiger partial charge on any atom is -0.455 e. The van der Waals surface area contributed by atoms with E-state index in [1.54, 1.807) is 0 Å². The first-order chi connectivity index (χ1) is 24.3. The molecule has 228 valence electrons. The summed E-state index contributed by atoms with van der Waals surface area (Å²) in [5.41, 5.74) is 11.1. The molecule has 8 aromatic carbocycles. The second-order valence-electron chi connectivity index (χ2n) is 12.9. The molecule has 0 aliphatic rings. The SMILES string of the molecule is c1ccc(-c2ccc3oc4c(ccc5c4c4ccc(-n6c7ccccc7c7ccccc76)cc4n5-c4cccc5ccccc45)c3c2)cc1. The fraction of sp³-hybridized carbons (Fsp3) is 0. The van der Waals surface area contributed by atoms with Crippen LogP contribution in [0.3, 0.4) is 0 Å². The number of hydrogen-bond donors (Lipinski definition) is 0. The van der Waals surface area contributed by atoms with E-state index in [2.05, 4.69) is 179 Å². The van der Waals surface area contributed by atoms with Gasteiger partial charge in [0.15, 0.2) is 0 Å². The van der Waals surface area contributed by atoms with Crippen molar-refractivity contribution in [3.8, 4) is 22.5 Å². The van der Waals surface area contributed by atoms with E-state index in [0.717, 1.165) is 49.7 Å². The van der Waals surface area contributed by atoms with E-state index in [-0.39, 0.29) is 0 Å². The van der Waals surface area contributed by atoms with E-state index in [9.17, 15) is 0 Å². The molecule has 0 atom stereocenters. The summed E-state index contributed by atoms with van der Waals surface area (Å²) >= 11 is 0. The highest BCUT2D eigenvalue weighted by Crippen LogP contribution is 2.43. The van der Waals surface area contributed by atoms with Gasteiger partial charge in [-0.2, -0.15) is 0 Å². The lowest BCUT2D eigenvalue weighted by Gasteiger charge is -2.13. The number of hydrogen-bond acceptors (Lipinski definition) is 1. The van der Waals surface area contributed by atoms with E-state index in [1.807, 2.05) is 0 Å². The quantitative estimate of drug-likeness (QED) is 0.192. The Bertz CT molecular complexity index is 3040. The van der Waals surface area contributed by atoms with Crippen LogP contribution in [0.5, 0.6) is 0 Å². The molecule has 0 fully saturated rings. The molecule has 0 spiro atoms. The van der Waals surface area contributed by atoms with Crippen LogP contribution in [0.1, 0.15) is 0 Å². The summed E-state index contributed by atoms with van der Waals surface area (Å²) in [4.78, 5) is 0. The maximum atomic E-state index is 6.80. The molecule has 49 heavy (non-hydrogen) atoms. The molecule has 0 N–H and O–H groups in total. The third kappa shape index (κ3) is 3.73. The van der Waals surface area contributed by atoms with Gasteiger partial charge in [0.1, 0.15) is 11.2 Å². The predicted octanol–water partition coefficient (Wildman–Crippen LogP) is 12.6. The van der Waals surface area contributed by atoms with Gasteiger partial charge < -0.3 is 13.6 Å².